The first-order valence-electron chi connectivity index (χ1n) is 11.5. The van der Waals surface area contributed by atoms with Gasteiger partial charge in [-0.25, -0.2) is 4.98 Å². The quantitative estimate of drug-likeness (QED) is 0.159. The number of aromatic nitrogens is 4. The number of para-hydroxylation sites is 1. The fourth-order valence-corrected chi connectivity index (χ4v) is 5.29. The molecule has 0 bridgehead atoms. The number of benzene rings is 3. The summed E-state index contributed by atoms with van der Waals surface area (Å²) in [5.74, 6) is 1.55. The van der Waals surface area contributed by atoms with E-state index >= 15 is 0 Å². The Morgan fingerprint density at radius 2 is 1.69 bits per heavy atom. The van der Waals surface area contributed by atoms with Crippen molar-refractivity contribution in [3.63, 3.8) is 0 Å². The normalized spacial score (nSPS) is 11.3. The van der Waals surface area contributed by atoms with Gasteiger partial charge >= 0.3 is 0 Å². The fourth-order valence-electron chi connectivity index (χ4n) is 4.04. The number of halogens is 1. The highest BCUT2D eigenvalue weighted by Gasteiger charge is 2.18. The van der Waals surface area contributed by atoms with E-state index in [-0.39, 0.29) is 0 Å². The van der Waals surface area contributed by atoms with Crippen LogP contribution in [0.25, 0.3) is 33.5 Å². The third kappa shape index (κ3) is 5.25. The van der Waals surface area contributed by atoms with E-state index in [2.05, 4.69) is 39.0 Å². The molecule has 0 spiro atoms. The average molecular weight is 501 g/mol. The molecule has 0 N–H and O–H groups in total. The maximum atomic E-state index is 6.40. The summed E-state index contributed by atoms with van der Waals surface area (Å²) in [5.41, 5.74) is 5.01. The van der Waals surface area contributed by atoms with Gasteiger partial charge in [0, 0.05) is 47.6 Å². The Balaban J connectivity index is 1.59. The Morgan fingerprint density at radius 1 is 0.914 bits per heavy atom. The minimum atomic E-state index is 0.665. The van der Waals surface area contributed by atoms with Crippen LogP contribution in [0.4, 0.5) is 0 Å². The van der Waals surface area contributed by atoms with Crippen molar-refractivity contribution in [1.82, 2.24) is 19.7 Å². The number of hydrogen-bond acceptors (Lipinski definition) is 5. The van der Waals surface area contributed by atoms with Crippen molar-refractivity contribution in [2.24, 2.45) is 0 Å². The predicted octanol–water partition coefficient (Wildman–Crippen LogP) is 7.14. The predicted molar refractivity (Wildman–Crippen MR) is 144 cm³/mol. The zero-order valence-electron chi connectivity index (χ0n) is 19.4. The van der Waals surface area contributed by atoms with Crippen LogP contribution in [0, 0.1) is 0 Å². The summed E-state index contributed by atoms with van der Waals surface area (Å²) in [6, 6.07) is 28.5. The summed E-state index contributed by atoms with van der Waals surface area (Å²) < 4.78 is 7.52. The molecule has 2 heterocycles. The van der Waals surface area contributed by atoms with Gasteiger partial charge in [0.2, 0.25) is 0 Å². The second-order valence-corrected chi connectivity index (χ2v) is 9.47. The first kappa shape index (κ1) is 23.5. The van der Waals surface area contributed by atoms with Crippen LogP contribution in [0.15, 0.2) is 90.1 Å². The molecule has 0 saturated carbocycles. The van der Waals surface area contributed by atoms with Crippen LogP contribution in [0.2, 0.25) is 5.02 Å². The van der Waals surface area contributed by atoms with Crippen molar-refractivity contribution in [2.45, 2.75) is 23.9 Å². The number of thioether (sulfide) groups is 1. The lowest BCUT2D eigenvalue weighted by atomic mass is 10.0. The molecule has 5 nitrogen and oxygen atoms in total. The van der Waals surface area contributed by atoms with Gasteiger partial charge in [-0.05, 0) is 30.2 Å². The topological polar surface area (TPSA) is 52.8 Å². The molecular weight excluding hydrogens is 476 g/mol. The van der Waals surface area contributed by atoms with Crippen LogP contribution in [0.3, 0.4) is 0 Å². The van der Waals surface area contributed by atoms with Gasteiger partial charge in [-0.1, -0.05) is 90.1 Å². The number of fused-ring (bicyclic) bond motifs is 1. The molecule has 7 heteroatoms. The van der Waals surface area contributed by atoms with Crippen LogP contribution < -0.4 is 0 Å². The standard InChI is InChI=1S/C28H25ClN4OS/c1-34-17-9-16-33-27(31-32-28(33)35-19-21-12-5-7-14-24(21)29)23-18-26(20-10-3-2-4-11-20)30-25-15-8-6-13-22(23)25/h2-8,10-15,18H,9,16-17,19H2,1H3. The van der Waals surface area contributed by atoms with Crippen molar-refractivity contribution in [3.8, 4) is 22.6 Å². The molecule has 5 aromatic rings. The van der Waals surface area contributed by atoms with E-state index in [1.807, 2.05) is 60.7 Å². The molecule has 5 rings (SSSR count). The van der Waals surface area contributed by atoms with E-state index in [0.717, 1.165) is 62.3 Å². The first-order valence-corrected chi connectivity index (χ1v) is 12.8. The molecule has 0 aliphatic carbocycles. The number of ether oxygens (including phenoxy) is 1. The second-order valence-electron chi connectivity index (χ2n) is 8.12. The van der Waals surface area contributed by atoms with Gasteiger partial charge in [-0.15, -0.1) is 10.2 Å². The van der Waals surface area contributed by atoms with E-state index in [9.17, 15) is 0 Å². The molecule has 0 atom stereocenters. The Morgan fingerprint density at radius 3 is 2.51 bits per heavy atom. The van der Waals surface area contributed by atoms with Crippen molar-refractivity contribution in [1.29, 1.82) is 0 Å². The Kier molecular flexibility index (Phi) is 7.42. The van der Waals surface area contributed by atoms with Crippen LogP contribution in [-0.4, -0.2) is 33.5 Å². The molecule has 0 fully saturated rings. The highest BCUT2D eigenvalue weighted by Crippen LogP contribution is 2.34. The summed E-state index contributed by atoms with van der Waals surface area (Å²) in [5, 5.41) is 11.9. The monoisotopic (exact) mass is 500 g/mol. The highest BCUT2D eigenvalue weighted by molar-refractivity contribution is 7.98. The van der Waals surface area contributed by atoms with E-state index < -0.39 is 0 Å². The van der Waals surface area contributed by atoms with E-state index in [4.69, 9.17) is 21.3 Å². The lowest BCUT2D eigenvalue weighted by molar-refractivity contribution is 0.189. The van der Waals surface area contributed by atoms with E-state index in [1.54, 1.807) is 18.9 Å². The summed E-state index contributed by atoms with van der Waals surface area (Å²) >= 11 is 8.04. The van der Waals surface area contributed by atoms with Crippen LogP contribution in [-0.2, 0) is 17.0 Å². The van der Waals surface area contributed by atoms with Crippen LogP contribution in [0.1, 0.15) is 12.0 Å². The fraction of sp³-hybridized carbons (Fsp3) is 0.179. The van der Waals surface area contributed by atoms with Crippen molar-refractivity contribution >= 4 is 34.3 Å². The molecular formula is C28H25ClN4OS. The minimum absolute atomic E-state index is 0.665. The molecule has 3 aromatic carbocycles. The highest BCUT2D eigenvalue weighted by atomic mass is 35.5. The van der Waals surface area contributed by atoms with Crippen molar-refractivity contribution in [3.05, 3.63) is 95.5 Å². The lowest BCUT2D eigenvalue weighted by Gasteiger charge is -2.13. The lowest BCUT2D eigenvalue weighted by Crippen LogP contribution is -2.06. The average Bonchev–Trinajstić information content (AvgIpc) is 3.30. The maximum absolute atomic E-state index is 6.40. The maximum Gasteiger partial charge on any atom is 0.191 e. The molecule has 0 radical (unpaired) electrons. The number of nitrogens with zero attached hydrogens (tertiary/aromatic N) is 4. The minimum Gasteiger partial charge on any atom is -0.385 e. The van der Waals surface area contributed by atoms with Gasteiger partial charge in [0.05, 0.1) is 11.2 Å². The summed E-state index contributed by atoms with van der Waals surface area (Å²) in [6.45, 7) is 1.41. The van der Waals surface area contributed by atoms with Gasteiger partial charge in [0.25, 0.3) is 0 Å². The van der Waals surface area contributed by atoms with Gasteiger partial charge in [-0.3, -0.25) is 0 Å². The van der Waals surface area contributed by atoms with Gasteiger partial charge in [-0.2, -0.15) is 0 Å². The van der Waals surface area contributed by atoms with Crippen molar-refractivity contribution < 1.29 is 4.74 Å². The summed E-state index contributed by atoms with van der Waals surface area (Å²) in [4.78, 5) is 4.93. The molecule has 0 amide bonds. The smallest absolute Gasteiger partial charge is 0.191 e. The third-order valence-electron chi connectivity index (χ3n) is 5.79. The Bertz CT molecular complexity index is 1440. The molecule has 0 aliphatic heterocycles. The molecule has 0 saturated heterocycles. The molecule has 0 aliphatic rings. The zero-order chi connectivity index (χ0) is 24.0. The zero-order valence-corrected chi connectivity index (χ0v) is 21.0. The number of methoxy groups -OCH3 is 1. The SMILES string of the molecule is COCCCn1c(SCc2ccccc2Cl)nnc1-c1cc(-c2ccccc2)nc2ccccc12. The third-order valence-corrected chi connectivity index (χ3v) is 7.17. The van der Waals surface area contributed by atoms with Gasteiger partial charge < -0.3 is 9.30 Å². The van der Waals surface area contributed by atoms with Crippen molar-refractivity contribution in [2.75, 3.05) is 13.7 Å². The number of rotatable bonds is 9. The number of hydrogen-bond donors (Lipinski definition) is 0. The van der Waals surface area contributed by atoms with Crippen LogP contribution in [0.5, 0.6) is 0 Å². The Hall–Kier alpha value is -3.19. The second kappa shape index (κ2) is 11.0. The first-order chi connectivity index (χ1) is 17.2. The summed E-state index contributed by atoms with van der Waals surface area (Å²) in [6.07, 6.45) is 0.857. The van der Waals surface area contributed by atoms with Crippen LogP contribution >= 0.6 is 23.4 Å². The van der Waals surface area contributed by atoms with E-state index in [0.29, 0.717) is 12.4 Å². The molecule has 2 aromatic heterocycles. The summed E-state index contributed by atoms with van der Waals surface area (Å²) in [7, 11) is 1.72. The van der Waals surface area contributed by atoms with Gasteiger partial charge in [0.15, 0.2) is 11.0 Å². The Labute approximate surface area is 214 Å². The molecule has 176 valence electrons. The van der Waals surface area contributed by atoms with E-state index in [1.165, 1.54) is 0 Å². The molecule has 35 heavy (non-hydrogen) atoms. The molecule has 0 unspecified atom stereocenters. The number of pyridine rings is 1. The van der Waals surface area contributed by atoms with Gasteiger partial charge in [0.1, 0.15) is 0 Å². The largest absolute Gasteiger partial charge is 0.385 e.